The predicted octanol–water partition coefficient (Wildman–Crippen LogP) is 1.33. The van der Waals surface area contributed by atoms with Gasteiger partial charge in [-0.25, -0.2) is 0 Å². The van der Waals surface area contributed by atoms with E-state index >= 15 is 0 Å². The number of fused-ring (bicyclic) bond motifs is 1. The van der Waals surface area contributed by atoms with Gasteiger partial charge in [0.2, 0.25) is 5.91 Å². The fourth-order valence-electron chi connectivity index (χ4n) is 3.03. The second-order valence-corrected chi connectivity index (χ2v) is 6.16. The number of hydrogen-bond acceptors (Lipinski definition) is 5. The van der Waals surface area contributed by atoms with Gasteiger partial charge in [0.15, 0.2) is 6.10 Å². The van der Waals surface area contributed by atoms with Crippen molar-refractivity contribution in [2.75, 3.05) is 32.1 Å². The molecule has 2 amide bonds. The molecule has 3 rings (SSSR count). The average Bonchev–Trinajstić information content (AvgIpc) is 2.71. The van der Waals surface area contributed by atoms with Crippen molar-refractivity contribution in [2.24, 2.45) is 0 Å². The van der Waals surface area contributed by atoms with Crippen LogP contribution in [-0.2, 0) is 16.1 Å². The molecule has 1 aliphatic rings. The number of hydrogen-bond donors (Lipinski definition) is 2. The Morgan fingerprint density at radius 1 is 1.19 bits per heavy atom. The first-order chi connectivity index (χ1) is 13.1. The van der Waals surface area contributed by atoms with Crippen LogP contribution in [0.1, 0.15) is 5.56 Å². The van der Waals surface area contributed by atoms with Crippen molar-refractivity contribution >= 4 is 17.5 Å². The Balaban J connectivity index is 1.68. The summed E-state index contributed by atoms with van der Waals surface area (Å²) in [6.07, 6.45) is -0.660. The van der Waals surface area contributed by atoms with Gasteiger partial charge < -0.3 is 25.0 Å². The number of likely N-dealkylation sites (N-methyl/N-ethyl adjacent to an activating group) is 1. The van der Waals surface area contributed by atoms with E-state index in [9.17, 15) is 9.59 Å². The van der Waals surface area contributed by atoms with Gasteiger partial charge in [-0.05, 0) is 18.2 Å². The molecule has 0 radical (unpaired) electrons. The van der Waals surface area contributed by atoms with Gasteiger partial charge >= 0.3 is 0 Å². The Kier molecular flexibility index (Phi) is 5.80. The van der Waals surface area contributed by atoms with Gasteiger partial charge in [-0.1, -0.05) is 30.3 Å². The number of benzene rings is 2. The quantitative estimate of drug-likeness (QED) is 0.803. The average molecular weight is 369 g/mol. The normalized spacial score (nSPS) is 15.3. The van der Waals surface area contributed by atoms with Crippen molar-refractivity contribution < 1.29 is 19.1 Å². The third kappa shape index (κ3) is 4.31. The fraction of sp³-hybridized carbons (Fsp3) is 0.300. The number of amides is 2. The van der Waals surface area contributed by atoms with Crippen LogP contribution in [0, 0.1) is 0 Å². The molecule has 7 nitrogen and oxygen atoms in total. The minimum Gasteiger partial charge on any atom is -0.496 e. The lowest BCUT2D eigenvalue weighted by atomic mass is 10.1. The molecule has 1 aliphatic heterocycles. The molecule has 0 unspecified atom stereocenters. The van der Waals surface area contributed by atoms with Gasteiger partial charge in [-0.2, -0.15) is 0 Å². The molecule has 27 heavy (non-hydrogen) atoms. The number of ether oxygens (including phenoxy) is 2. The van der Waals surface area contributed by atoms with Crippen LogP contribution in [0.25, 0.3) is 0 Å². The van der Waals surface area contributed by atoms with Crippen molar-refractivity contribution in [3.8, 4) is 11.5 Å². The van der Waals surface area contributed by atoms with Crippen LogP contribution >= 0.6 is 0 Å². The fourth-order valence-corrected chi connectivity index (χ4v) is 3.03. The van der Waals surface area contributed by atoms with Crippen molar-refractivity contribution in [2.45, 2.75) is 12.6 Å². The zero-order valence-electron chi connectivity index (χ0n) is 15.4. The SMILES string of the molecule is CNC(=O)[C@@H]1CN(CC(=O)NCc2ccccc2OC)c2ccccc2O1. The lowest BCUT2D eigenvalue weighted by molar-refractivity contribution is -0.127. The summed E-state index contributed by atoms with van der Waals surface area (Å²) in [5, 5.41) is 5.50. The summed E-state index contributed by atoms with van der Waals surface area (Å²) in [6.45, 7) is 0.801. The highest BCUT2D eigenvalue weighted by Crippen LogP contribution is 2.32. The van der Waals surface area contributed by atoms with Gasteiger partial charge in [0.1, 0.15) is 11.5 Å². The molecular formula is C20H23N3O4. The van der Waals surface area contributed by atoms with Crippen LogP contribution in [0.3, 0.4) is 0 Å². The maximum absolute atomic E-state index is 12.5. The smallest absolute Gasteiger partial charge is 0.262 e. The number of methoxy groups -OCH3 is 1. The Morgan fingerprint density at radius 2 is 1.93 bits per heavy atom. The van der Waals surface area contributed by atoms with Gasteiger partial charge in [-0.3, -0.25) is 9.59 Å². The van der Waals surface area contributed by atoms with Crippen LogP contribution in [0.15, 0.2) is 48.5 Å². The number of anilines is 1. The number of nitrogens with one attached hydrogen (secondary N) is 2. The van der Waals surface area contributed by atoms with Crippen LogP contribution in [-0.4, -0.2) is 45.2 Å². The van der Waals surface area contributed by atoms with Crippen LogP contribution in [0.2, 0.25) is 0 Å². The topological polar surface area (TPSA) is 79.9 Å². The standard InChI is InChI=1S/C20H23N3O4/c1-21-20(25)18-12-23(15-8-4-6-10-17(15)27-18)13-19(24)22-11-14-7-3-5-9-16(14)26-2/h3-10,18H,11-13H2,1-2H3,(H,21,25)(H,22,24)/t18-/m0/s1. The molecule has 1 heterocycles. The number of rotatable bonds is 6. The summed E-state index contributed by atoms with van der Waals surface area (Å²) in [6, 6.07) is 14.9. The van der Waals surface area contributed by atoms with Crippen molar-refractivity contribution in [3.63, 3.8) is 0 Å². The second kappa shape index (κ2) is 8.44. The highest BCUT2D eigenvalue weighted by atomic mass is 16.5. The third-order valence-corrected chi connectivity index (χ3v) is 4.40. The molecule has 2 aromatic rings. The molecule has 0 spiro atoms. The molecule has 0 bridgehead atoms. The van der Waals surface area contributed by atoms with E-state index < -0.39 is 6.10 Å². The maximum Gasteiger partial charge on any atom is 0.262 e. The minimum atomic E-state index is -0.660. The van der Waals surface area contributed by atoms with Gasteiger partial charge in [0.05, 0.1) is 25.9 Å². The number of carbonyl (C=O) groups excluding carboxylic acids is 2. The summed E-state index contributed by atoms with van der Waals surface area (Å²) < 4.78 is 11.1. The molecule has 142 valence electrons. The molecule has 2 aromatic carbocycles. The van der Waals surface area contributed by atoms with E-state index in [-0.39, 0.29) is 18.4 Å². The monoisotopic (exact) mass is 369 g/mol. The zero-order valence-corrected chi connectivity index (χ0v) is 15.4. The lowest BCUT2D eigenvalue weighted by Crippen LogP contribution is -2.50. The van der Waals surface area contributed by atoms with Crippen molar-refractivity contribution in [1.82, 2.24) is 10.6 Å². The molecule has 0 aromatic heterocycles. The molecule has 0 saturated heterocycles. The summed E-state index contributed by atoms with van der Waals surface area (Å²) in [7, 11) is 3.17. The predicted molar refractivity (Wildman–Crippen MR) is 102 cm³/mol. The van der Waals surface area contributed by atoms with E-state index in [0.29, 0.717) is 18.8 Å². The summed E-state index contributed by atoms with van der Waals surface area (Å²) >= 11 is 0. The maximum atomic E-state index is 12.5. The summed E-state index contributed by atoms with van der Waals surface area (Å²) in [4.78, 5) is 26.4. The van der Waals surface area contributed by atoms with E-state index in [0.717, 1.165) is 17.0 Å². The zero-order chi connectivity index (χ0) is 19.2. The van der Waals surface area contributed by atoms with E-state index in [4.69, 9.17) is 9.47 Å². The first-order valence-electron chi connectivity index (χ1n) is 8.73. The number of nitrogens with zero attached hydrogens (tertiary/aromatic N) is 1. The highest BCUT2D eigenvalue weighted by molar-refractivity contribution is 5.86. The Bertz CT molecular complexity index is 824. The third-order valence-electron chi connectivity index (χ3n) is 4.40. The molecule has 7 heteroatoms. The van der Waals surface area contributed by atoms with Crippen LogP contribution < -0.4 is 25.0 Å². The van der Waals surface area contributed by atoms with Crippen molar-refractivity contribution in [3.05, 3.63) is 54.1 Å². The van der Waals surface area contributed by atoms with Crippen LogP contribution in [0.4, 0.5) is 5.69 Å². The molecule has 1 atom stereocenters. The van der Waals surface area contributed by atoms with E-state index in [2.05, 4.69) is 10.6 Å². The highest BCUT2D eigenvalue weighted by Gasteiger charge is 2.30. The van der Waals surface area contributed by atoms with E-state index in [1.165, 1.54) is 0 Å². The van der Waals surface area contributed by atoms with Gasteiger partial charge in [-0.15, -0.1) is 0 Å². The molecular weight excluding hydrogens is 346 g/mol. The van der Waals surface area contributed by atoms with Gasteiger partial charge in [0, 0.05) is 19.2 Å². The van der Waals surface area contributed by atoms with Crippen LogP contribution in [0.5, 0.6) is 11.5 Å². The van der Waals surface area contributed by atoms with Gasteiger partial charge in [0.25, 0.3) is 5.91 Å². The molecule has 0 saturated carbocycles. The van der Waals surface area contributed by atoms with E-state index in [1.54, 1.807) is 20.2 Å². The van der Waals surface area contributed by atoms with E-state index in [1.807, 2.05) is 47.4 Å². The second-order valence-electron chi connectivity index (χ2n) is 6.16. The molecule has 0 fully saturated rings. The summed E-state index contributed by atoms with van der Waals surface area (Å²) in [5.41, 5.74) is 1.70. The number of carbonyl (C=O) groups is 2. The number of para-hydroxylation sites is 3. The minimum absolute atomic E-state index is 0.128. The van der Waals surface area contributed by atoms with Crippen molar-refractivity contribution in [1.29, 1.82) is 0 Å². The Hall–Kier alpha value is -3.22. The first kappa shape index (κ1) is 18.6. The molecule has 0 aliphatic carbocycles. The largest absolute Gasteiger partial charge is 0.496 e. The molecule has 2 N–H and O–H groups in total. The Labute approximate surface area is 158 Å². The lowest BCUT2D eigenvalue weighted by Gasteiger charge is -2.35. The Morgan fingerprint density at radius 3 is 2.70 bits per heavy atom. The summed E-state index contributed by atoms with van der Waals surface area (Å²) in [5.74, 6) is 0.960. The first-order valence-corrected chi connectivity index (χ1v) is 8.73.